The molecule has 0 saturated carbocycles. The van der Waals surface area contributed by atoms with Gasteiger partial charge in [0.25, 0.3) is 11.5 Å². The molecule has 0 radical (unpaired) electrons. The van der Waals surface area contributed by atoms with Crippen LogP contribution in [0.3, 0.4) is 0 Å². The number of nitrogens with zero attached hydrogens (tertiary/aromatic N) is 2. The Morgan fingerprint density at radius 3 is 2.87 bits per heavy atom. The third-order valence-corrected chi connectivity index (χ3v) is 4.36. The third kappa shape index (κ3) is 3.77. The van der Waals surface area contributed by atoms with E-state index in [1.807, 2.05) is 17.5 Å². The van der Waals surface area contributed by atoms with Crippen LogP contribution >= 0.6 is 27.3 Å². The van der Waals surface area contributed by atoms with Crippen molar-refractivity contribution >= 4 is 33.2 Å². The highest BCUT2D eigenvalue weighted by molar-refractivity contribution is 9.10. The number of carbonyl (C=O) groups is 1. The molecule has 0 unspecified atom stereocenters. The van der Waals surface area contributed by atoms with Crippen LogP contribution in [0.1, 0.15) is 10.6 Å². The predicted molar refractivity (Wildman–Crippen MR) is 90.6 cm³/mol. The summed E-state index contributed by atoms with van der Waals surface area (Å²) in [6.45, 7) is 0.559. The van der Waals surface area contributed by atoms with Crippen LogP contribution in [-0.4, -0.2) is 22.2 Å². The van der Waals surface area contributed by atoms with Crippen molar-refractivity contribution in [1.29, 1.82) is 0 Å². The largest absolute Gasteiger partial charge is 0.444 e. The van der Waals surface area contributed by atoms with E-state index in [0.29, 0.717) is 4.67 Å². The van der Waals surface area contributed by atoms with Crippen LogP contribution in [0.2, 0.25) is 0 Å². The van der Waals surface area contributed by atoms with E-state index in [1.54, 1.807) is 29.5 Å². The molecule has 0 spiro atoms. The number of hydrogen-bond acceptors (Lipinski definition) is 5. The summed E-state index contributed by atoms with van der Waals surface area (Å²) < 4.78 is 6.99. The molecule has 118 valence electrons. The Kier molecular flexibility index (Phi) is 4.73. The molecule has 0 aliphatic heterocycles. The van der Waals surface area contributed by atoms with Gasteiger partial charge in [-0.3, -0.25) is 9.59 Å². The van der Waals surface area contributed by atoms with Gasteiger partial charge in [-0.2, -0.15) is 5.10 Å². The van der Waals surface area contributed by atoms with E-state index in [1.165, 1.54) is 10.7 Å². The van der Waals surface area contributed by atoms with Crippen LogP contribution in [0.5, 0.6) is 0 Å². The zero-order valence-electron chi connectivity index (χ0n) is 11.9. The molecule has 0 atom stereocenters. The molecule has 0 aliphatic carbocycles. The smallest absolute Gasteiger partial charge is 0.287 e. The summed E-state index contributed by atoms with van der Waals surface area (Å²) in [5.41, 5.74) is 0.529. The highest BCUT2D eigenvalue weighted by Crippen LogP contribution is 2.21. The van der Waals surface area contributed by atoms with Crippen LogP contribution in [0.15, 0.2) is 55.7 Å². The molecule has 0 aliphatic rings. The molecule has 3 aromatic heterocycles. The number of nitrogens with one attached hydrogen (secondary N) is 1. The number of hydrogen-bond donors (Lipinski definition) is 1. The highest BCUT2D eigenvalue weighted by Gasteiger charge is 2.10. The fourth-order valence-electron chi connectivity index (χ4n) is 1.96. The van der Waals surface area contributed by atoms with Gasteiger partial charge in [-0.05, 0) is 45.6 Å². The van der Waals surface area contributed by atoms with E-state index < -0.39 is 0 Å². The van der Waals surface area contributed by atoms with Gasteiger partial charge in [-0.15, -0.1) is 11.3 Å². The summed E-state index contributed by atoms with van der Waals surface area (Å²) in [5.74, 6) is -0.123. The minimum atomic E-state index is -0.335. The lowest BCUT2D eigenvalue weighted by Gasteiger charge is -2.07. The second-order valence-corrected chi connectivity index (χ2v) is 6.35. The maximum Gasteiger partial charge on any atom is 0.287 e. The van der Waals surface area contributed by atoms with Crippen LogP contribution in [0.25, 0.3) is 10.6 Å². The van der Waals surface area contributed by atoms with Crippen LogP contribution < -0.4 is 10.9 Å². The van der Waals surface area contributed by atoms with Crippen LogP contribution in [0, 0.1) is 0 Å². The fourth-order valence-corrected chi connectivity index (χ4v) is 2.96. The average Bonchev–Trinajstić information content (AvgIpc) is 3.20. The summed E-state index contributed by atoms with van der Waals surface area (Å²) in [5, 5.41) is 8.96. The minimum absolute atomic E-state index is 0.208. The number of rotatable bonds is 5. The number of furan rings is 1. The summed E-state index contributed by atoms with van der Waals surface area (Å²) in [7, 11) is 0. The molecule has 3 heterocycles. The summed E-state index contributed by atoms with van der Waals surface area (Å²) in [6.07, 6.45) is 0. The lowest BCUT2D eigenvalue weighted by molar-refractivity contribution is 0.0923. The normalized spacial score (nSPS) is 10.7. The van der Waals surface area contributed by atoms with Crippen molar-refractivity contribution in [3.63, 3.8) is 0 Å². The first kappa shape index (κ1) is 15.7. The van der Waals surface area contributed by atoms with E-state index in [4.69, 9.17) is 4.42 Å². The number of halogens is 1. The fraction of sp³-hybridized carbons (Fsp3) is 0.133. The average molecular weight is 394 g/mol. The first-order valence-electron chi connectivity index (χ1n) is 6.79. The van der Waals surface area contributed by atoms with E-state index in [9.17, 15) is 9.59 Å². The molecule has 0 aromatic carbocycles. The van der Waals surface area contributed by atoms with Gasteiger partial charge in [0, 0.05) is 12.6 Å². The van der Waals surface area contributed by atoms with E-state index in [2.05, 4.69) is 26.3 Å². The molecule has 3 aromatic rings. The minimum Gasteiger partial charge on any atom is -0.444 e. The van der Waals surface area contributed by atoms with Crippen LogP contribution in [-0.2, 0) is 6.54 Å². The molecule has 8 heteroatoms. The van der Waals surface area contributed by atoms with Gasteiger partial charge in [0.05, 0.1) is 11.4 Å². The van der Waals surface area contributed by atoms with Gasteiger partial charge >= 0.3 is 0 Å². The number of thiophene rings is 1. The Bertz CT molecular complexity index is 870. The molecule has 0 saturated heterocycles. The van der Waals surface area contributed by atoms with Gasteiger partial charge in [0.15, 0.2) is 10.4 Å². The molecular formula is C15H12BrN3O3S. The predicted octanol–water partition coefficient (Wildman–Crippen LogP) is 2.76. The van der Waals surface area contributed by atoms with E-state index >= 15 is 0 Å². The Morgan fingerprint density at radius 1 is 1.30 bits per heavy atom. The third-order valence-electron chi connectivity index (χ3n) is 3.05. The van der Waals surface area contributed by atoms with Crippen molar-refractivity contribution in [3.8, 4) is 10.6 Å². The number of amides is 1. The van der Waals surface area contributed by atoms with Gasteiger partial charge in [0.2, 0.25) is 0 Å². The zero-order chi connectivity index (χ0) is 16.2. The molecule has 0 fully saturated rings. The second kappa shape index (κ2) is 6.93. The SMILES string of the molecule is O=C(NCCn1nc(-c2cccs2)ccc1=O)c1ccc(Br)o1. The van der Waals surface area contributed by atoms with E-state index in [-0.39, 0.29) is 30.3 Å². The lowest BCUT2D eigenvalue weighted by atomic mass is 10.3. The van der Waals surface area contributed by atoms with Gasteiger partial charge < -0.3 is 9.73 Å². The molecular weight excluding hydrogens is 382 g/mol. The monoisotopic (exact) mass is 393 g/mol. The van der Waals surface area contributed by atoms with Crippen molar-refractivity contribution in [1.82, 2.24) is 15.1 Å². The standard InChI is InChI=1S/C15H12BrN3O3S/c16-13-5-4-11(22-13)15(21)17-7-8-19-14(20)6-3-10(18-19)12-2-1-9-23-12/h1-6,9H,7-8H2,(H,17,21). The number of carbonyl (C=O) groups excluding carboxylic acids is 1. The quantitative estimate of drug-likeness (QED) is 0.722. The molecule has 1 amide bonds. The molecule has 3 rings (SSSR count). The second-order valence-electron chi connectivity index (χ2n) is 4.62. The summed E-state index contributed by atoms with van der Waals surface area (Å²) in [6, 6.07) is 10.3. The Labute approximate surface area is 143 Å². The van der Waals surface area contributed by atoms with Crippen LogP contribution in [0.4, 0.5) is 0 Å². The molecule has 23 heavy (non-hydrogen) atoms. The van der Waals surface area contributed by atoms with Crippen molar-refractivity contribution < 1.29 is 9.21 Å². The van der Waals surface area contributed by atoms with Gasteiger partial charge in [-0.1, -0.05) is 6.07 Å². The lowest BCUT2D eigenvalue weighted by Crippen LogP contribution is -2.31. The maximum atomic E-state index is 11.9. The van der Waals surface area contributed by atoms with Gasteiger partial charge in [-0.25, -0.2) is 4.68 Å². The van der Waals surface area contributed by atoms with Crippen molar-refractivity contribution in [3.05, 3.63) is 62.6 Å². The topological polar surface area (TPSA) is 77.1 Å². The van der Waals surface area contributed by atoms with Crippen molar-refractivity contribution in [2.75, 3.05) is 6.54 Å². The van der Waals surface area contributed by atoms with E-state index in [0.717, 1.165) is 10.6 Å². The first-order valence-corrected chi connectivity index (χ1v) is 8.46. The van der Waals surface area contributed by atoms with Crippen molar-refractivity contribution in [2.45, 2.75) is 6.54 Å². The van der Waals surface area contributed by atoms with Crippen molar-refractivity contribution in [2.24, 2.45) is 0 Å². The maximum absolute atomic E-state index is 11.9. The summed E-state index contributed by atoms with van der Waals surface area (Å²) in [4.78, 5) is 24.7. The Morgan fingerprint density at radius 2 is 2.17 bits per heavy atom. The van der Waals surface area contributed by atoms with Gasteiger partial charge in [0.1, 0.15) is 5.69 Å². The molecule has 0 bridgehead atoms. The summed E-state index contributed by atoms with van der Waals surface area (Å²) >= 11 is 4.70. The zero-order valence-corrected chi connectivity index (χ0v) is 14.3. The first-order chi connectivity index (χ1) is 11.1. The molecule has 6 nitrogen and oxygen atoms in total. The Hall–Kier alpha value is -2.19. The number of aromatic nitrogens is 2. The highest BCUT2D eigenvalue weighted by atomic mass is 79.9. The molecule has 1 N–H and O–H groups in total. The Balaban J connectivity index is 1.65.